The molecule has 1 aliphatic rings. The molecule has 1 aliphatic heterocycles. The minimum absolute atomic E-state index is 0.0324. The molecule has 2 amide bonds. The standard InChI is InChI=1S/C25H33N5O3/c1-17-18(2)30(20-9-7-6-8-10-20)23(21(17)15-26)28-22(31)16-29-13-11-19(12-14-29)27-24(32)33-25(3,4)5/h6-10,19H,11-14,16H2,1-5H3,(H,27,32)(H,28,31). The van der Waals surface area contributed by atoms with Crippen LogP contribution in [0.2, 0.25) is 0 Å². The van der Waals surface area contributed by atoms with E-state index in [1.54, 1.807) is 0 Å². The molecule has 0 atom stereocenters. The van der Waals surface area contributed by atoms with Crippen LogP contribution in [0.25, 0.3) is 5.69 Å². The molecule has 1 fully saturated rings. The zero-order valence-corrected chi connectivity index (χ0v) is 20.1. The van der Waals surface area contributed by atoms with Gasteiger partial charge in [-0.15, -0.1) is 0 Å². The number of aromatic nitrogens is 1. The second-order valence-corrected chi connectivity index (χ2v) is 9.46. The molecule has 8 nitrogen and oxygen atoms in total. The Hall–Kier alpha value is -3.31. The van der Waals surface area contributed by atoms with Crippen molar-refractivity contribution in [3.8, 4) is 11.8 Å². The number of nitrogens with zero attached hydrogens (tertiary/aromatic N) is 3. The van der Waals surface area contributed by atoms with E-state index in [1.165, 1.54) is 0 Å². The minimum atomic E-state index is -0.528. The Morgan fingerprint density at radius 3 is 2.36 bits per heavy atom. The fourth-order valence-electron chi connectivity index (χ4n) is 4.05. The maximum atomic E-state index is 12.9. The van der Waals surface area contributed by atoms with Crippen molar-refractivity contribution in [3.63, 3.8) is 0 Å². The lowest BCUT2D eigenvalue weighted by Gasteiger charge is -2.32. The Morgan fingerprint density at radius 1 is 1.15 bits per heavy atom. The number of nitrogens with one attached hydrogen (secondary N) is 2. The van der Waals surface area contributed by atoms with Crippen LogP contribution in [0.1, 0.15) is 50.4 Å². The molecule has 1 aromatic heterocycles. The van der Waals surface area contributed by atoms with Gasteiger partial charge in [0.2, 0.25) is 5.91 Å². The van der Waals surface area contributed by atoms with Crippen molar-refractivity contribution in [1.82, 2.24) is 14.8 Å². The van der Waals surface area contributed by atoms with Crippen LogP contribution >= 0.6 is 0 Å². The lowest BCUT2D eigenvalue weighted by molar-refractivity contribution is -0.117. The number of para-hydroxylation sites is 1. The fraction of sp³-hybridized carbons (Fsp3) is 0.480. The molecule has 0 spiro atoms. The molecule has 0 radical (unpaired) electrons. The SMILES string of the molecule is Cc1c(C#N)c(NC(=O)CN2CCC(NC(=O)OC(C)(C)C)CC2)n(-c2ccccc2)c1C. The summed E-state index contributed by atoms with van der Waals surface area (Å²) in [6, 6.07) is 12.0. The van der Waals surface area contributed by atoms with Crippen LogP contribution in [0.4, 0.5) is 10.6 Å². The Labute approximate surface area is 195 Å². The van der Waals surface area contributed by atoms with Crippen LogP contribution in [0.3, 0.4) is 0 Å². The number of hydrogen-bond acceptors (Lipinski definition) is 5. The summed E-state index contributed by atoms with van der Waals surface area (Å²) in [5.41, 5.74) is 2.61. The third kappa shape index (κ3) is 6.14. The van der Waals surface area contributed by atoms with Crippen LogP contribution in [0, 0.1) is 25.2 Å². The number of alkyl carbamates (subject to hydrolysis) is 1. The second kappa shape index (κ2) is 10.1. The van der Waals surface area contributed by atoms with E-state index in [1.807, 2.05) is 69.5 Å². The van der Waals surface area contributed by atoms with E-state index < -0.39 is 11.7 Å². The predicted molar refractivity (Wildman–Crippen MR) is 127 cm³/mol. The molecule has 1 aromatic carbocycles. The van der Waals surface area contributed by atoms with E-state index >= 15 is 0 Å². The van der Waals surface area contributed by atoms with E-state index in [0.717, 1.165) is 29.8 Å². The van der Waals surface area contributed by atoms with Crippen LogP contribution in [0.15, 0.2) is 30.3 Å². The van der Waals surface area contributed by atoms with Gasteiger partial charge in [-0.25, -0.2) is 4.79 Å². The number of carbonyl (C=O) groups excluding carboxylic acids is 2. The number of amides is 2. The number of anilines is 1. The van der Waals surface area contributed by atoms with Crippen molar-refractivity contribution in [2.45, 2.75) is 59.1 Å². The summed E-state index contributed by atoms with van der Waals surface area (Å²) in [7, 11) is 0. The first-order valence-electron chi connectivity index (χ1n) is 11.3. The Kier molecular flexibility index (Phi) is 7.44. The highest BCUT2D eigenvalue weighted by atomic mass is 16.6. The van der Waals surface area contributed by atoms with Crippen molar-refractivity contribution in [3.05, 3.63) is 47.2 Å². The first-order valence-corrected chi connectivity index (χ1v) is 11.3. The van der Waals surface area contributed by atoms with Gasteiger partial charge in [0.05, 0.1) is 12.1 Å². The van der Waals surface area contributed by atoms with E-state index in [0.29, 0.717) is 24.5 Å². The molecule has 33 heavy (non-hydrogen) atoms. The van der Waals surface area contributed by atoms with Gasteiger partial charge in [0.15, 0.2) is 0 Å². The van der Waals surface area contributed by atoms with E-state index in [4.69, 9.17) is 4.74 Å². The fourth-order valence-corrected chi connectivity index (χ4v) is 4.05. The summed E-state index contributed by atoms with van der Waals surface area (Å²) in [5.74, 6) is 0.338. The van der Waals surface area contributed by atoms with Gasteiger partial charge in [-0.1, -0.05) is 18.2 Å². The van der Waals surface area contributed by atoms with Crippen LogP contribution in [0.5, 0.6) is 0 Å². The van der Waals surface area contributed by atoms with Gasteiger partial charge in [-0.3, -0.25) is 14.3 Å². The third-order valence-corrected chi connectivity index (χ3v) is 5.77. The van der Waals surface area contributed by atoms with E-state index in [9.17, 15) is 14.9 Å². The monoisotopic (exact) mass is 451 g/mol. The number of rotatable bonds is 5. The summed E-state index contributed by atoms with van der Waals surface area (Å²) in [6.45, 7) is 11.0. The average molecular weight is 452 g/mol. The Balaban J connectivity index is 1.62. The molecule has 2 N–H and O–H groups in total. The number of likely N-dealkylation sites (tertiary alicyclic amines) is 1. The van der Waals surface area contributed by atoms with Crippen molar-refractivity contribution >= 4 is 17.8 Å². The van der Waals surface area contributed by atoms with Crippen molar-refractivity contribution in [1.29, 1.82) is 5.26 Å². The highest BCUT2D eigenvalue weighted by Crippen LogP contribution is 2.30. The topological polar surface area (TPSA) is 99.4 Å². The average Bonchev–Trinajstić information content (AvgIpc) is 2.97. The summed E-state index contributed by atoms with van der Waals surface area (Å²) in [5, 5.41) is 15.6. The number of hydrogen-bond donors (Lipinski definition) is 2. The quantitative estimate of drug-likeness (QED) is 0.718. The van der Waals surface area contributed by atoms with Gasteiger partial charge in [-0.2, -0.15) is 5.26 Å². The Bertz CT molecular complexity index is 1040. The molecule has 2 aromatic rings. The maximum Gasteiger partial charge on any atom is 0.407 e. The van der Waals surface area contributed by atoms with Gasteiger partial charge in [0.1, 0.15) is 17.5 Å². The number of ether oxygens (including phenoxy) is 1. The molecule has 176 valence electrons. The molecule has 1 saturated heterocycles. The van der Waals surface area contributed by atoms with E-state index in [2.05, 4.69) is 21.6 Å². The number of nitriles is 1. The predicted octanol–water partition coefficient (Wildman–Crippen LogP) is 3.89. The second-order valence-electron chi connectivity index (χ2n) is 9.46. The van der Waals surface area contributed by atoms with Crippen LogP contribution in [-0.4, -0.2) is 52.7 Å². The molecule has 0 aliphatic carbocycles. The summed E-state index contributed by atoms with van der Waals surface area (Å²) >= 11 is 0. The third-order valence-electron chi connectivity index (χ3n) is 5.77. The van der Waals surface area contributed by atoms with Gasteiger partial charge in [0, 0.05) is 30.5 Å². The zero-order valence-electron chi connectivity index (χ0n) is 20.1. The van der Waals surface area contributed by atoms with Crippen LogP contribution in [-0.2, 0) is 9.53 Å². The molecular weight excluding hydrogens is 418 g/mol. The van der Waals surface area contributed by atoms with Crippen LogP contribution < -0.4 is 10.6 Å². The van der Waals surface area contributed by atoms with Gasteiger partial charge in [0.25, 0.3) is 0 Å². The lowest BCUT2D eigenvalue weighted by atomic mass is 10.1. The van der Waals surface area contributed by atoms with E-state index in [-0.39, 0.29) is 18.5 Å². The van der Waals surface area contributed by atoms with Gasteiger partial charge >= 0.3 is 6.09 Å². The van der Waals surface area contributed by atoms with Crippen molar-refractivity contribution in [2.75, 3.05) is 25.0 Å². The smallest absolute Gasteiger partial charge is 0.407 e. The highest BCUT2D eigenvalue weighted by molar-refractivity contribution is 5.93. The molecular formula is C25H33N5O3. The van der Waals surface area contributed by atoms with Crippen molar-refractivity contribution < 1.29 is 14.3 Å². The normalized spacial score (nSPS) is 15.0. The van der Waals surface area contributed by atoms with Crippen molar-refractivity contribution in [2.24, 2.45) is 0 Å². The first kappa shape index (κ1) is 24.3. The summed E-state index contributed by atoms with van der Waals surface area (Å²) in [4.78, 5) is 27.0. The summed E-state index contributed by atoms with van der Waals surface area (Å²) < 4.78 is 7.24. The van der Waals surface area contributed by atoms with Gasteiger partial charge < -0.3 is 15.4 Å². The number of piperidine rings is 1. The highest BCUT2D eigenvalue weighted by Gasteiger charge is 2.26. The summed E-state index contributed by atoms with van der Waals surface area (Å²) in [6.07, 6.45) is 1.08. The largest absolute Gasteiger partial charge is 0.444 e. The number of benzene rings is 1. The molecule has 8 heteroatoms. The molecule has 0 saturated carbocycles. The maximum absolute atomic E-state index is 12.9. The molecule has 0 unspecified atom stereocenters. The molecule has 0 bridgehead atoms. The number of carbonyl (C=O) groups is 2. The minimum Gasteiger partial charge on any atom is -0.444 e. The molecule has 2 heterocycles. The lowest BCUT2D eigenvalue weighted by Crippen LogP contribution is -2.47. The van der Waals surface area contributed by atoms with Gasteiger partial charge in [-0.05, 0) is 65.2 Å². The molecule has 3 rings (SSSR count). The first-order chi connectivity index (χ1) is 15.6. The zero-order chi connectivity index (χ0) is 24.2. The Morgan fingerprint density at radius 2 is 1.79 bits per heavy atom.